The molecular formula is C11H16N2OS. The molecule has 0 aliphatic heterocycles. The molecule has 1 aliphatic carbocycles. The van der Waals surface area contributed by atoms with Crippen LogP contribution in [0.2, 0.25) is 0 Å². The molecule has 1 aromatic heterocycles. The zero-order valence-electron chi connectivity index (χ0n) is 9.25. The van der Waals surface area contributed by atoms with Gasteiger partial charge >= 0.3 is 0 Å². The van der Waals surface area contributed by atoms with Gasteiger partial charge in [0.2, 0.25) is 0 Å². The molecule has 15 heavy (non-hydrogen) atoms. The van der Waals surface area contributed by atoms with Gasteiger partial charge in [0.1, 0.15) is 0 Å². The van der Waals surface area contributed by atoms with Crippen molar-refractivity contribution < 1.29 is 4.79 Å². The van der Waals surface area contributed by atoms with E-state index in [1.165, 1.54) is 0 Å². The van der Waals surface area contributed by atoms with E-state index < -0.39 is 0 Å². The molecule has 0 bridgehead atoms. The van der Waals surface area contributed by atoms with Gasteiger partial charge in [0.15, 0.2) is 5.78 Å². The number of fused-ring (bicyclic) bond motifs is 1. The van der Waals surface area contributed by atoms with Gasteiger partial charge in [-0.2, -0.15) is 0 Å². The van der Waals surface area contributed by atoms with E-state index in [9.17, 15) is 4.79 Å². The van der Waals surface area contributed by atoms with Crippen molar-refractivity contribution in [3.63, 3.8) is 0 Å². The highest BCUT2D eigenvalue weighted by atomic mass is 32.1. The van der Waals surface area contributed by atoms with E-state index in [1.54, 1.807) is 11.3 Å². The van der Waals surface area contributed by atoms with Crippen LogP contribution < -0.4 is 0 Å². The summed E-state index contributed by atoms with van der Waals surface area (Å²) in [6.45, 7) is 1.00. The summed E-state index contributed by atoms with van der Waals surface area (Å²) < 4.78 is 0. The van der Waals surface area contributed by atoms with Gasteiger partial charge in [-0.05, 0) is 26.9 Å². The average Bonchev–Trinajstić information content (AvgIpc) is 2.59. The van der Waals surface area contributed by atoms with Crippen LogP contribution in [0.5, 0.6) is 0 Å². The van der Waals surface area contributed by atoms with E-state index >= 15 is 0 Å². The fraction of sp³-hybridized carbons (Fsp3) is 0.636. The number of hydrogen-bond acceptors (Lipinski definition) is 4. The molecule has 0 amide bonds. The first-order valence-corrected chi connectivity index (χ1v) is 6.15. The molecule has 0 saturated heterocycles. The Bertz CT molecular complexity index is 371. The molecule has 1 aliphatic rings. The summed E-state index contributed by atoms with van der Waals surface area (Å²) in [5.74, 6) is 0.296. The van der Waals surface area contributed by atoms with Crippen LogP contribution in [0.3, 0.4) is 0 Å². The minimum atomic E-state index is 0.296. The fourth-order valence-electron chi connectivity index (χ4n) is 1.74. The maximum atomic E-state index is 11.6. The highest BCUT2D eigenvalue weighted by Crippen LogP contribution is 2.26. The standard InChI is InChI=1S/C11H16N2OS/c1-13(2)7-6-10-12-8-4-3-5-9(14)11(8)15-10/h3-7H2,1-2H3. The Hall–Kier alpha value is -0.740. The third-order valence-electron chi connectivity index (χ3n) is 2.59. The quantitative estimate of drug-likeness (QED) is 0.784. The zero-order chi connectivity index (χ0) is 10.8. The SMILES string of the molecule is CN(C)CCc1nc2c(s1)C(=O)CCC2. The number of likely N-dealkylation sites (N-methyl/N-ethyl adjacent to an activating group) is 1. The van der Waals surface area contributed by atoms with E-state index in [-0.39, 0.29) is 0 Å². The first kappa shape index (κ1) is 10.8. The normalized spacial score (nSPS) is 15.8. The Labute approximate surface area is 94.1 Å². The molecule has 0 aromatic carbocycles. The van der Waals surface area contributed by atoms with Crippen LogP contribution in [0.25, 0.3) is 0 Å². The second-order valence-corrected chi connectivity index (χ2v) is 5.30. The molecule has 0 radical (unpaired) electrons. The number of nitrogens with zero attached hydrogens (tertiary/aromatic N) is 2. The number of aromatic nitrogens is 1. The fourth-order valence-corrected chi connectivity index (χ4v) is 2.81. The van der Waals surface area contributed by atoms with E-state index in [0.717, 1.165) is 41.4 Å². The van der Waals surface area contributed by atoms with Crippen molar-refractivity contribution >= 4 is 17.1 Å². The van der Waals surface area contributed by atoms with Crippen LogP contribution in [0.4, 0.5) is 0 Å². The summed E-state index contributed by atoms with van der Waals surface area (Å²) >= 11 is 1.60. The third kappa shape index (κ3) is 2.44. The molecule has 3 nitrogen and oxygen atoms in total. The first-order chi connectivity index (χ1) is 7.16. The van der Waals surface area contributed by atoms with Gasteiger partial charge in [-0.25, -0.2) is 4.98 Å². The summed E-state index contributed by atoms with van der Waals surface area (Å²) in [6.07, 6.45) is 3.63. The van der Waals surface area contributed by atoms with Crippen LogP contribution in [0, 0.1) is 0 Å². The summed E-state index contributed by atoms with van der Waals surface area (Å²) in [5.41, 5.74) is 1.05. The number of Topliss-reactive ketones (excluding diaryl/α,β-unsaturated/α-hetero) is 1. The van der Waals surface area contributed by atoms with Crippen molar-refractivity contribution in [1.82, 2.24) is 9.88 Å². The predicted molar refractivity (Wildman–Crippen MR) is 61.6 cm³/mol. The lowest BCUT2D eigenvalue weighted by Crippen LogP contribution is -2.14. The van der Waals surface area contributed by atoms with Gasteiger partial charge in [0, 0.05) is 19.4 Å². The van der Waals surface area contributed by atoms with E-state index in [2.05, 4.69) is 24.0 Å². The molecule has 4 heteroatoms. The Morgan fingerprint density at radius 1 is 1.40 bits per heavy atom. The molecular weight excluding hydrogens is 208 g/mol. The highest BCUT2D eigenvalue weighted by Gasteiger charge is 2.21. The maximum Gasteiger partial charge on any atom is 0.174 e. The summed E-state index contributed by atoms with van der Waals surface area (Å²) in [6, 6.07) is 0. The number of ketones is 1. The van der Waals surface area contributed by atoms with E-state index in [4.69, 9.17) is 0 Å². The third-order valence-corrected chi connectivity index (χ3v) is 3.78. The topological polar surface area (TPSA) is 33.2 Å². The number of hydrogen-bond donors (Lipinski definition) is 0. The van der Waals surface area contributed by atoms with Gasteiger partial charge < -0.3 is 4.90 Å². The van der Waals surface area contributed by atoms with Gasteiger partial charge in [0.25, 0.3) is 0 Å². The molecule has 82 valence electrons. The minimum absolute atomic E-state index is 0.296. The zero-order valence-corrected chi connectivity index (χ0v) is 10.1. The lowest BCUT2D eigenvalue weighted by molar-refractivity contribution is 0.0976. The molecule has 0 atom stereocenters. The van der Waals surface area contributed by atoms with Crippen molar-refractivity contribution in [3.05, 3.63) is 15.6 Å². The van der Waals surface area contributed by atoms with Crippen molar-refractivity contribution in [3.8, 4) is 0 Å². The first-order valence-electron chi connectivity index (χ1n) is 5.33. The summed E-state index contributed by atoms with van der Waals surface area (Å²) in [7, 11) is 4.11. The van der Waals surface area contributed by atoms with Crippen LogP contribution in [-0.2, 0) is 12.8 Å². The maximum absolute atomic E-state index is 11.6. The van der Waals surface area contributed by atoms with Crippen molar-refractivity contribution in [2.45, 2.75) is 25.7 Å². The average molecular weight is 224 g/mol. The second kappa shape index (κ2) is 4.41. The summed E-state index contributed by atoms with van der Waals surface area (Å²) in [4.78, 5) is 19.2. The Morgan fingerprint density at radius 3 is 2.87 bits per heavy atom. The number of aryl methyl sites for hydroxylation is 1. The monoisotopic (exact) mass is 224 g/mol. The number of thiazole rings is 1. The minimum Gasteiger partial charge on any atom is -0.309 e. The van der Waals surface area contributed by atoms with Crippen molar-refractivity contribution in [2.24, 2.45) is 0 Å². The molecule has 0 N–H and O–H groups in total. The number of carbonyl (C=O) groups is 1. The highest BCUT2D eigenvalue weighted by molar-refractivity contribution is 7.13. The number of carbonyl (C=O) groups excluding carboxylic acids is 1. The molecule has 1 heterocycles. The molecule has 1 aromatic rings. The van der Waals surface area contributed by atoms with Gasteiger partial charge in [-0.15, -0.1) is 11.3 Å². The molecule has 0 fully saturated rings. The van der Waals surface area contributed by atoms with Crippen LogP contribution in [0.15, 0.2) is 0 Å². The smallest absolute Gasteiger partial charge is 0.174 e. The van der Waals surface area contributed by atoms with Crippen molar-refractivity contribution in [1.29, 1.82) is 0 Å². The molecule has 0 unspecified atom stereocenters. The Kier molecular flexibility index (Phi) is 3.17. The van der Waals surface area contributed by atoms with Gasteiger partial charge in [-0.3, -0.25) is 4.79 Å². The largest absolute Gasteiger partial charge is 0.309 e. The number of rotatable bonds is 3. The molecule has 0 saturated carbocycles. The van der Waals surface area contributed by atoms with Gasteiger partial charge in [0.05, 0.1) is 15.6 Å². The second-order valence-electron chi connectivity index (χ2n) is 4.21. The lowest BCUT2D eigenvalue weighted by Gasteiger charge is -2.06. The van der Waals surface area contributed by atoms with E-state index in [1.807, 2.05) is 0 Å². The Balaban J connectivity index is 2.11. The van der Waals surface area contributed by atoms with Gasteiger partial charge in [-0.1, -0.05) is 0 Å². The lowest BCUT2D eigenvalue weighted by atomic mass is 10.0. The summed E-state index contributed by atoms with van der Waals surface area (Å²) in [5, 5.41) is 1.11. The van der Waals surface area contributed by atoms with Crippen LogP contribution in [0.1, 0.15) is 33.2 Å². The predicted octanol–water partition coefficient (Wildman–Crippen LogP) is 1.77. The van der Waals surface area contributed by atoms with Crippen LogP contribution in [-0.4, -0.2) is 36.3 Å². The Morgan fingerprint density at radius 2 is 2.20 bits per heavy atom. The van der Waals surface area contributed by atoms with E-state index in [0.29, 0.717) is 12.2 Å². The molecule has 0 spiro atoms. The van der Waals surface area contributed by atoms with Crippen LogP contribution >= 0.6 is 11.3 Å². The van der Waals surface area contributed by atoms with Crippen molar-refractivity contribution in [2.75, 3.05) is 20.6 Å². The molecule has 2 rings (SSSR count).